The van der Waals surface area contributed by atoms with E-state index in [1.807, 2.05) is 104 Å². The van der Waals surface area contributed by atoms with E-state index in [2.05, 4.69) is 19.6 Å². The third-order valence-corrected chi connectivity index (χ3v) is 10.5. The van der Waals surface area contributed by atoms with E-state index in [1.165, 1.54) is 0 Å². The van der Waals surface area contributed by atoms with Gasteiger partial charge in [-0.15, -0.1) is 23.0 Å². The van der Waals surface area contributed by atoms with Gasteiger partial charge in [0.05, 0.1) is 0 Å². The monoisotopic (exact) mass is 830 g/mol. The fraction of sp³-hybridized carbons (Fsp3) is 0.455. The molecule has 2 aliphatic rings. The van der Waals surface area contributed by atoms with Crippen molar-refractivity contribution in [3.05, 3.63) is 115 Å². The first kappa shape index (κ1) is 45.3. The van der Waals surface area contributed by atoms with Crippen LogP contribution in [0.3, 0.4) is 0 Å². The van der Waals surface area contributed by atoms with Gasteiger partial charge in [-0.2, -0.15) is 0 Å². The van der Waals surface area contributed by atoms with Crippen molar-refractivity contribution in [1.29, 1.82) is 0 Å². The van der Waals surface area contributed by atoms with Gasteiger partial charge >= 0.3 is 34.1 Å². The van der Waals surface area contributed by atoms with E-state index < -0.39 is 0 Å². The first-order chi connectivity index (χ1) is 24.7. The minimum atomic E-state index is 0. The topological polar surface area (TPSA) is 105 Å². The molecule has 0 spiro atoms. The van der Waals surface area contributed by atoms with Crippen LogP contribution in [-0.4, -0.2) is 72.0 Å². The van der Waals surface area contributed by atoms with Crippen LogP contribution in [0.5, 0.6) is 23.0 Å². The number of piperazine rings is 2. The second-order valence-electron chi connectivity index (χ2n) is 15.4. The predicted molar refractivity (Wildman–Crippen MR) is 203 cm³/mol. The second-order valence-corrected chi connectivity index (χ2v) is 15.4. The van der Waals surface area contributed by atoms with Crippen LogP contribution in [0.15, 0.2) is 48.5 Å². The summed E-state index contributed by atoms with van der Waals surface area (Å²) in [5, 5.41) is 49.3. The van der Waals surface area contributed by atoms with Crippen LogP contribution in [0.4, 0.5) is 0 Å². The van der Waals surface area contributed by atoms with Crippen LogP contribution < -0.4 is 20.4 Å². The fourth-order valence-electron chi connectivity index (χ4n) is 7.81. The summed E-state index contributed by atoms with van der Waals surface area (Å²) in [4.78, 5) is 9.36. The molecule has 54 heavy (non-hydrogen) atoms. The Labute approximate surface area is 344 Å². The Morgan fingerprint density at radius 3 is 0.667 bits per heavy atom. The third-order valence-electron chi connectivity index (χ3n) is 10.5. The summed E-state index contributed by atoms with van der Waals surface area (Å²) < 4.78 is 0. The molecule has 0 bridgehead atoms. The van der Waals surface area contributed by atoms with E-state index in [4.69, 9.17) is 0 Å². The molecular weight excluding hydrogens is 776 g/mol. The summed E-state index contributed by atoms with van der Waals surface area (Å²) in [6, 6.07) is 15.9. The van der Waals surface area contributed by atoms with Crippen molar-refractivity contribution < 1.29 is 54.6 Å². The van der Waals surface area contributed by atoms with Crippen LogP contribution in [0, 0.1) is 55.4 Å². The molecule has 0 amide bonds. The van der Waals surface area contributed by atoms with Crippen LogP contribution in [-0.2, 0) is 60.3 Å². The van der Waals surface area contributed by atoms with Gasteiger partial charge < -0.3 is 20.4 Å². The molecule has 2 heterocycles. The normalized spacial score (nSPS) is 15.6. The molecule has 4 aromatic rings. The van der Waals surface area contributed by atoms with Crippen molar-refractivity contribution in [2.24, 2.45) is 0 Å². The van der Waals surface area contributed by atoms with Gasteiger partial charge in [-0.25, -0.2) is 0 Å². The molecule has 0 saturated carbocycles. The molecule has 0 aromatic heterocycles. The van der Waals surface area contributed by atoms with Gasteiger partial charge in [0.2, 0.25) is 0 Å². The van der Waals surface area contributed by atoms with Crippen molar-refractivity contribution in [3.8, 4) is 23.0 Å². The Bertz CT molecular complexity index is 1600. The molecule has 4 aromatic carbocycles. The average Bonchev–Trinajstić information content (AvgIpc) is 3.08. The SMILES string of the molecule is Cc1cc(C)c([O-])c(CN2CCN(Cc3cc(C)cc(C)c3[O-])CC2)c1.Cc1cc(C)c([O-])c(CN2CCN(Cc3cc(C)cc(C)c3[O-])CC2)c1.[Cu+2].[Cu+2]. The molecule has 10 heteroatoms. The number of aryl methyl sites for hydroxylation is 8. The predicted octanol–water partition coefficient (Wildman–Crippen LogP) is 4.77. The summed E-state index contributed by atoms with van der Waals surface area (Å²) in [7, 11) is 0. The first-order valence-electron chi connectivity index (χ1n) is 18.6. The molecule has 0 atom stereocenters. The number of nitrogens with zero attached hydrogens (tertiary/aromatic N) is 4. The molecule has 298 valence electrons. The van der Waals surface area contributed by atoms with Crippen LogP contribution in [0.1, 0.15) is 66.8 Å². The fourth-order valence-corrected chi connectivity index (χ4v) is 7.81. The molecule has 8 nitrogen and oxygen atoms in total. The number of benzene rings is 4. The average molecular weight is 832 g/mol. The van der Waals surface area contributed by atoms with Gasteiger partial charge in [0.1, 0.15) is 0 Å². The summed E-state index contributed by atoms with van der Waals surface area (Å²) in [6.07, 6.45) is 0. The maximum absolute atomic E-state index is 12.3. The minimum absolute atomic E-state index is 0. The van der Waals surface area contributed by atoms with Gasteiger partial charge in [0.25, 0.3) is 0 Å². The summed E-state index contributed by atoms with van der Waals surface area (Å²) >= 11 is 0. The molecule has 0 aliphatic carbocycles. The van der Waals surface area contributed by atoms with Crippen molar-refractivity contribution in [2.45, 2.75) is 81.6 Å². The molecule has 2 fully saturated rings. The zero-order valence-electron chi connectivity index (χ0n) is 33.1. The Balaban J connectivity index is 0.000000280. The summed E-state index contributed by atoms with van der Waals surface area (Å²) in [6.45, 7) is 26.0. The molecule has 0 N–H and O–H groups in total. The first-order valence-corrected chi connectivity index (χ1v) is 18.6. The summed E-state index contributed by atoms with van der Waals surface area (Å²) in [5.41, 5.74) is 11.5. The van der Waals surface area contributed by atoms with Gasteiger partial charge in [0.15, 0.2) is 0 Å². The van der Waals surface area contributed by atoms with Crippen LogP contribution >= 0.6 is 0 Å². The number of hydrogen-bond donors (Lipinski definition) is 0. The quantitative estimate of drug-likeness (QED) is 0.234. The standard InChI is InChI=1S/2C22H30N2O2.2Cu/c2*1-15-9-17(3)21(25)19(11-15)13-23-5-7-24(8-6-23)14-20-12-16(2)10-18(4)22(20)26;;/h2*9-12,25-26H,5-8,13-14H2,1-4H3;;/q;;2*+2/p-4. The molecular formula is C44H56Cu2N4O4. The van der Waals surface area contributed by atoms with Gasteiger partial charge in [-0.3, -0.25) is 19.6 Å². The van der Waals surface area contributed by atoms with Crippen LogP contribution in [0.2, 0.25) is 0 Å². The third kappa shape index (κ3) is 12.0. The van der Waals surface area contributed by atoms with Crippen molar-refractivity contribution in [2.75, 3.05) is 52.4 Å². The Morgan fingerprint density at radius 1 is 0.333 bits per heavy atom. The maximum atomic E-state index is 12.3. The molecule has 6 rings (SSSR count). The molecule has 0 unspecified atom stereocenters. The number of hydrogen-bond acceptors (Lipinski definition) is 8. The van der Waals surface area contributed by atoms with Crippen molar-refractivity contribution in [1.82, 2.24) is 19.6 Å². The van der Waals surface area contributed by atoms with E-state index in [1.54, 1.807) is 0 Å². The summed E-state index contributed by atoms with van der Waals surface area (Å²) in [5.74, 6) is 0.682. The Hall–Kier alpha value is -3.04. The maximum Gasteiger partial charge on any atom is 2.00 e. The van der Waals surface area contributed by atoms with E-state index in [9.17, 15) is 20.4 Å². The largest absolute Gasteiger partial charge is 2.00 e. The van der Waals surface area contributed by atoms with E-state index >= 15 is 0 Å². The van der Waals surface area contributed by atoms with Crippen molar-refractivity contribution >= 4 is 0 Å². The zero-order valence-corrected chi connectivity index (χ0v) is 35.0. The van der Waals surface area contributed by atoms with E-state index in [0.29, 0.717) is 26.2 Å². The zero-order chi connectivity index (χ0) is 37.7. The van der Waals surface area contributed by atoms with Gasteiger partial charge in [-0.05, 0) is 77.6 Å². The van der Waals surface area contributed by atoms with Gasteiger partial charge in [-0.1, -0.05) is 93.0 Å². The van der Waals surface area contributed by atoms with E-state index in [0.717, 1.165) is 119 Å². The molecule has 2 aliphatic heterocycles. The minimum Gasteiger partial charge on any atom is -0.872 e. The second kappa shape index (κ2) is 20.2. The van der Waals surface area contributed by atoms with E-state index in [-0.39, 0.29) is 57.1 Å². The Morgan fingerprint density at radius 2 is 0.500 bits per heavy atom. The van der Waals surface area contributed by atoms with Gasteiger partial charge in [0, 0.05) is 78.5 Å². The molecule has 2 radical (unpaired) electrons. The molecule has 2 saturated heterocycles. The van der Waals surface area contributed by atoms with Crippen molar-refractivity contribution in [3.63, 3.8) is 0 Å². The Kier molecular flexibility index (Phi) is 17.0. The smallest absolute Gasteiger partial charge is 0.872 e. The number of rotatable bonds is 8. The van der Waals surface area contributed by atoms with Crippen LogP contribution in [0.25, 0.3) is 0 Å².